The molecule has 9 N–H and O–H groups in total. The second-order valence-corrected chi connectivity index (χ2v) is 39.3. The molecule has 8 aromatic rings. The number of anilines is 8. The van der Waals surface area contributed by atoms with Crippen LogP contribution in [0.25, 0.3) is 43.9 Å². The number of cyclic esters (lactones) is 4. The van der Waals surface area contributed by atoms with E-state index in [1.54, 1.807) is 114 Å². The first kappa shape index (κ1) is 95.2. The van der Waals surface area contributed by atoms with Crippen LogP contribution >= 0.6 is 0 Å². The quantitative estimate of drug-likeness (QED) is 0.0625. The molecule has 4 aromatic carbocycles. The van der Waals surface area contributed by atoms with Gasteiger partial charge in [-0.3, -0.25) is 100 Å². The Kier molecular flexibility index (Phi) is 22.2. The van der Waals surface area contributed by atoms with Crippen LogP contribution in [-0.4, -0.2) is 276 Å². The van der Waals surface area contributed by atoms with E-state index in [0.29, 0.717) is 22.3 Å². The molecule has 24 rings (SSSR count). The average molecular weight is 2010 g/mol. The number of aliphatic hydroxyl groups excluding tert-OH is 1. The summed E-state index contributed by atoms with van der Waals surface area (Å²) in [4.78, 5) is 215. The van der Waals surface area contributed by atoms with E-state index in [0.717, 1.165) is 4.90 Å². The van der Waals surface area contributed by atoms with Gasteiger partial charge in [0.05, 0.1) is 149 Å². The summed E-state index contributed by atoms with van der Waals surface area (Å²) >= 11 is 0. The summed E-state index contributed by atoms with van der Waals surface area (Å²) in [5.41, 5.74) is -5.75. The van der Waals surface area contributed by atoms with Crippen molar-refractivity contribution in [1.82, 2.24) is 63.2 Å². The predicted octanol–water partition coefficient (Wildman–Crippen LogP) is 4.95. The van der Waals surface area contributed by atoms with Gasteiger partial charge in [-0.1, -0.05) is 20.6 Å². The fourth-order valence-corrected chi connectivity index (χ4v) is 24.2. The molecular weight excluding hydrogens is 1910 g/mol. The lowest BCUT2D eigenvalue weighted by Crippen LogP contribution is -2.75. The standard InChI is InChI=1S/3C23H24FN5O7.C22H22FN5O8/c3*1-8-7-28-15-12(6-23(17(28)11(4)34-8)19(30)25-21(32)26-20(23)31)5-13-16(14(15)24)36-27-18(13)29-9(2)10(3)35-22(29)33;1-8-5-27-14-10(4-22(16(27)9(2)34-8)18(30)24-20(32)25-19(22)31)3-12-15(13(14)23)36-26-17(12)28-6-11(7-29)35-21(28)33/h3*5,8-11,17H,6-7H2,1-4H3,(H2,25,26,30,31,32);3,8-9,11,16,29H,4-7H2,1-2H3,(H2,24,25,30,31,32)/t8-,9+,10-,11+,17-;2*8-,9-,10+,11+,17-;8-,9+,11+,16-/m1111/s1. The molecule has 16 aliphatic heterocycles. The molecule has 20 heterocycles. The number of benzene rings is 4. The number of rotatable bonds is 5. The molecule has 0 radical (unpaired) electrons. The molecule has 0 aliphatic carbocycles. The van der Waals surface area contributed by atoms with Crippen molar-refractivity contribution in [2.24, 2.45) is 21.7 Å². The fourth-order valence-electron chi connectivity index (χ4n) is 24.2. The van der Waals surface area contributed by atoms with E-state index in [-0.39, 0.29) is 191 Å². The van der Waals surface area contributed by atoms with Crippen LogP contribution in [0.15, 0.2) is 42.4 Å². The number of nitrogens with zero attached hydrogens (tertiary/aromatic N) is 12. The van der Waals surface area contributed by atoms with Gasteiger partial charge in [-0.2, -0.15) is 0 Å². The predicted molar refractivity (Wildman–Crippen MR) is 480 cm³/mol. The van der Waals surface area contributed by atoms with Gasteiger partial charge in [0.1, 0.15) is 24.4 Å². The molecular formula is C91H94F4N20O29. The molecule has 19 atom stereocenters. The van der Waals surface area contributed by atoms with Crippen LogP contribution in [0.1, 0.15) is 119 Å². The monoisotopic (exact) mass is 2010 g/mol. The summed E-state index contributed by atoms with van der Waals surface area (Å²) in [5, 5.41) is 43.5. The third-order valence-electron chi connectivity index (χ3n) is 30.5. The first-order valence-electron chi connectivity index (χ1n) is 46.7. The minimum Gasteiger partial charge on any atom is -0.444 e. The van der Waals surface area contributed by atoms with Crippen LogP contribution in [0.4, 0.5) is 102 Å². The summed E-state index contributed by atoms with van der Waals surface area (Å²) in [6, 6.07) is -2.13. The maximum absolute atomic E-state index is 16.2. The molecule has 12 fully saturated rings. The molecule has 49 nitrogen and oxygen atoms in total. The number of ether oxygens (including phenoxy) is 8. The maximum Gasteiger partial charge on any atom is 0.416 e. The number of aromatic nitrogens is 4. The number of fused-ring (bicyclic) bond motifs is 20. The van der Waals surface area contributed by atoms with Gasteiger partial charge in [-0.05, 0) is 143 Å². The van der Waals surface area contributed by atoms with Gasteiger partial charge >= 0.3 is 48.5 Å². The molecule has 20 amide bonds. The van der Waals surface area contributed by atoms with Gasteiger partial charge in [-0.15, -0.1) is 0 Å². The SMILES string of the molecule is C[C@@H]1CN2c3c(cc4c(N5C(=O)O[C@@H](C)[C@H]5C)noc4c3F)CC3(C(=O)NC(=O)NC3=O)[C@H]2[C@H](C)O1.C[C@@H]1CN2c3c(cc4c(N5C(=O)O[C@@H](C)[C@H]5C)noc4c3F)CC3(C(=O)NC(=O)NC3=O)[C@H]2[C@H](C)O1.C[C@@H]1CN2c3c(cc4c(N5C(=O)O[C@H](C)[C@@H]5C)noc4c3F)CC3(C(=O)NC(=O)NC3=O)[C@H]2[C@H](C)O1.C[C@@H]1CN2c3c(cc4c(N5C[C@@H](CO)OC5=O)noc4c3F)CC3(C(=O)NC(=O)NC3=O)[C@H]2[C@H](C)O1. The number of urea groups is 4. The topological polar surface area (TPSA) is 593 Å². The Morgan fingerprint density at radius 2 is 0.535 bits per heavy atom. The van der Waals surface area contributed by atoms with Gasteiger partial charge in [0.25, 0.3) is 0 Å². The Morgan fingerprint density at radius 1 is 0.312 bits per heavy atom. The normalized spacial score (nSPS) is 30.8. The van der Waals surface area contributed by atoms with E-state index in [4.69, 9.17) is 56.0 Å². The van der Waals surface area contributed by atoms with Crippen molar-refractivity contribution in [3.63, 3.8) is 0 Å². The van der Waals surface area contributed by atoms with Crippen molar-refractivity contribution in [1.29, 1.82) is 0 Å². The summed E-state index contributed by atoms with van der Waals surface area (Å²) in [6.07, 6.45) is -9.54. The summed E-state index contributed by atoms with van der Waals surface area (Å²) in [5.74, 6) is -8.96. The third-order valence-corrected chi connectivity index (χ3v) is 30.5. The molecule has 16 aliphatic rings. The van der Waals surface area contributed by atoms with Crippen molar-refractivity contribution in [2.45, 2.75) is 238 Å². The van der Waals surface area contributed by atoms with Gasteiger partial charge < -0.3 is 80.7 Å². The number of carbonyl (C=O) groups excluding carboxylic acids is 16. The largest absolute Gasteiger partial charge is 0.444 e. The molecule has 144 heavy (non-hydrogen) atoms. The lowest BCUT2D eigenvalue weighted by atomic mass is 9.66. The number of nitrogens with one attached hydrogen (secondary N) is 8. The zero-order chi connectivity index (χ0) is 103. The van der Waals surface area contributed by atoms with Gasteiger partial charge in [0, 0.05) is 51.9 Å². The van der Waals surface area contributed by atoms with Crippen LogP contribution in [0.3, 0.4) is 0 Å². The number of amides is 20. The molecule has 0 unspecified atom stereocenters. The second-order valence-electron chi connectivity index (χ2n) is 39.3. The molecule has 12 saturated heterocycles. The number of hydrogen-bond donors (Lipinski definition) is 9. The Bertz CT molecular complexity index is 6480. The van der Waals surface area contributed by atoms with Crippen molar-refractivity contribution in [2.75, 3.05) is 78.5 Å². The fraction of sp³-hybridized carbons (Fsp3) is 0.516. The lowest BCUT2D eigenvalue weighted by molar-refractivity contribution is -0.154. The summed E-state index contributed by atoms with van der Waals surface area (Å²) in [6.45, 7) is 24.9. The number of aliphatic hydroxyl groups is 1. The Morgan fingerprint density at radius 3 is 0.743 bits per heavy atom. The minimum absolute atomic E-state index is 0.0136. The highest BCUT2D eigenvalue weighted by Gasteiger charge is 2.69. The third kappa shape index (κ3) is 13.7. The number of carbonyl (C=O) groups is 16. The van der Waals surface area contributed by atoms with Crippen molar-refractivity contribution in [3.05, 3.63) is 69.8 Å². The van der Waals surface area contributed by atoms with Gasteiger partial charge in [0.15, 0.2) is 68.2 Å². The Balaban J connectivity index is 0.000000113. The highest BCUT2D eigenvalue weighted by Crippen LogP contribution is 2.57. The minimum atomic E-state index is -1.79. The number of barbiturate groups is 4. The van der Waals surface area contributed by atoms with Crippen LogP contribution in [0.5, 0.6) is 0 Å². The zero-order valence-electron chi connectivity index (χ0n) is 79.1. The van der Waals surface area contributed by atoms with Crippen molar-refractivity contribution < 1.29 is 155 Å². The zero-order valence-corrected chi connectivity index (χ0v) is 79.1. The smallest absolute Gasteiger partial charge is 0.416 e. The summed E-state index contributed by atoms with van der Waals surface area (Å²) < 4.78 is 131. The van der Waals surface area contributed by atoms with E-state index in [2.05, 4.69) is 63.2 Å². The molecule has 0 bridgehead atoms. The van der Waals surface area contributed by atoms with Gasteiger partial charge in [-0.25, -0.2) is 55.9 Å². The number of morpholine rings is 4. The van der Waals surface area contributed by atoms with Crippen LogP contribution < -0.4 is 81.7 Å². The number of halogens is 4. The van der Waals surface area contributed by atoms with E-state index in [1.165, 1.54) is 20.8 Å². The molecule has 4 spiro atoms. The Hall–Kier alpha value is -15.0. The Labute approximate surface area is 809 Å². The van der Waals surface area contributed by atoms with Crippen LogP contribution in [0.2, 0.25) is 0 Å². The number of imide groups is 8. The van der Waals surface area contributed by atoms with Crippen LogP contribution in [0, 0.1) is 44.9 Å². The van der Waals surface area contributed by atoms with E-state index >= 15 is 17.6 Å². The van der Waals surface area contributed by atoms with Crippen molar-refractivity contribution >= 4 is 186 Å². The molecule has 53 heteroatoms. The highest BCUT2D eigenvalue weighted by atomic mass is 19.1. The molecule has 4 aromatic heterocycles. The maximum atomic E-state index is 16.2. The first-order chi connectivity index (χ1) is 68.3. The molecule has 760 valence electrons. The average Bonchev–Trinajstić information content (AvgIpc) is 0.739. The summed E-state index contributed by atoms with van der Waals surface area (Å²) in [7, 11) is 0. The van der Waals surface area contributed by atoms with E-state index in [9.17, 15) is 81.8 Å². The highest BCUT2D eigenvalue weighted by molar-refractivity contribution is 6.24. The van der Waals surface area contributed by atoms with Crippen molar-refractivity contribution in [3.8, 4) is 0 Å². The first-order valence-corrected chi connectivity index (χ1v) is 46.7. The number of hydrogen-bond acceptors (Lipinski definition) is 37. The second kappa shape index (κ2) is 33.6. The molecule has 0 saturated carbocycles. The van der Waals surface area contributed by atoms with E-state index in [1.807, 2.05) is 20.8 Å². The lowest BCUT2D eigenvalue weighted by Gasteiger charge is -2.55. The van der Waals surface area contributed by atoms with E-state index < -0.39 is 220 Å². The van der Waals surface area contributed by atoms with Crippen LogP contribution in [-0.2, 0) is 102 Å². The van der Waals surface area contributed by atoms with Gasteiger partial charge in [0.2, 0.25) is 69.6 Å².